The number of piperazine rings is 1. The van der Waals surface area contributed by atoms with E-state index in [1.165, 1.54) is 0 Å². The molecule has 1 heterocycles. The number of carbonyl (C=O) groups excluding carboxylic acids is 1. The third kappa shape index (κ3) is 2.69. The molecular formula is C14H17N3OS. The lowest BCUT2D eigenvalue weighted by atomic mass is 10.1. The molecule has 1 fully saturated rings. The van der Waals surface area contributed by atoms with Gasteiger partial charge in [-0.25, -0.2) is 0 Å². The van der Waals surface area contributed by atoms with Crippen molar-refractivity contribution in [3.63, 3.8) is 0 Å². The molecule has 1 aliphatic rings. The van der Waals surface area contributed by atoms with Gasteiger partial charge >= 0.3 is 0 Å². The molecule has 4 nitrogen and oxygen atoms in total. The van der Waals surface area contributed by atoms with E-state index in [-0.39, 0.29) is 11.9 Å². The Labute approximate surface area is 117 Å². The van der Waals surface area contributed by atoms with Crippen LogP contribution in [0.5, 0.6) is 0 Å². The molecule has 1 aliphatic heterocycles. The number of nitriles is 1. The highest BCUT2D eigenvalue weighted by atomic mass is 32.2. The van der Waals surface area contributed by atoms with E-state index < -0.39 is 0 Å². The van der Waals surface area contributed by atoms with Crippen LogP contribution >= 0.6 is 11.8 Å². The predicted octanol–water partition coefficient (Wildman–Crippen LogP) is 1.99. The van der Waals surface area contributed by atoms with Gasteiger partial charge in [0.2, 0.25) is 5.91 Å². The molecular weight excluding hydrogens is 258 g/mol. The van der Waals surface area contributed by atoms with Gasteiger partial charge in [0.15, 0.2) is 0 Å². The van der Waals surface area contributed by atoms with Crippen molar-refractivity contribution in [3.05, 3.63) is 23.8 Å². The van der Waals surface area contributed by atoms with Crippen molar-refractivity contribution >= 4 is 23.4 Å². The molecule has 0 aliphatic carbocycles. The zero-order chi connectivity index (χ0) is 13.8. The van der Waals surface area contributed by atoms with Crippen molar-refractivity contribution in [1.82, 2.24) is 5.32 Å². The third-order valence-electron chi connectivity index (χ3n) is 3.22. The Morgan fingerprint density at radius 2 is 2.37 bits per heavy atom. The Hall–Kier alpha value is -1.67. The molecule has 1 N–H and O–H groups in total. The van der Waals surface area contributed by atoms with Crippen LogP contribution in [-0.4, -0.2) is 30.8 Å². The van der Waals surface area contributed by atoms with Gasteiger partial charge < -0.3 is 10.2 Å². The molecule has 1 saturated heterocycles. The quantitative estimate of drug-likeness (QED) is 0.857. The van der Waals surface area contributed by atoms with Crippen molar-refractivity contribution in [2.24, 2.45) is 0 Å². The lowest BCUT2D eigenvalue weighted by molar-refractivity contribution is -0.122. The highest BCUT2D eigenvalue weighted by Crippen LogP contribution is 2.31. The van der Waals surface area contributed by atoms with E-state index >= 15 is 0 Å². The number of rotatable bonds is 3. The van der Waals surface area contributed by atoms with Crippen molar-refractivity contribution in [1.29, 1.82) is 5.26 Å². The van der Waals surface area contributed by atoms with Gasteiger partial charge in [-0.1, -0.05) is 13.0 Å². The number of nitrogens with zero attached hydrogens (tertiary/aromatic N) is 2. The first-order valence-electron chi connectivity index (χ1n) is 6.39. The molecule has 1 aromatic carbocycles. The molecule has 0 bridgehead atoms. The van der Waals surface area contributed by atoms with Crippen LogP contribution in [-0.2, 0) is 4.79 Å². The van der Waals surface area contributed by atoms with E-state index in [1.807, 2.05) is 30.0 Å². The first-order chi connectivity index (χ1) is 9.19. The number of nitrogens with one attached hydrogen (secondary N) is 1. The van der Waals surface area contributed by atoms with Gasteiger partial charge in [0, 0.05) is 18.0 Å². The summed E-state index contributed by atoms with van der Waals surface area (Å²) >= 11 is 1.66. The molecule has 0 saturated carbocycles. The second-order valence-corrected chi connectivity index (χ2v) is 5.66. The average molecular weight is 275 g/mol. The maximum atomic E-state index is 11.7. The Kier molecular flexibility index (Phi) is 4.33. The van der Waals surface area contributed by atoms with Gasteiger partial charge in [0.1, 0.15) is 12.1 Å². The largest absolute Gasteiger partial charge is 0.357 e. The van der Waals surface area contributed by atoms with E-state index in [4.69, 9.17) is 0 Å². The molecule has 0 spiro atoms. The monoisotopic (exact) mass is 275 g/mol. The van der Waals surface area contributed by atoms with Gasteiger partial charge in [0.25, 0.3) is 0 Å². The summed E-state index contributed by atoms with van der Waals surface area (Å²) in [4.78, 5) is 14.7. The summed E-state index contributed by atoms with van der Waals surface area (Å²) in [5.74, 6) is 0.942. The maximum absolute atomic E-state index is 11.7. The van der Waals surface area contributed by atoms with E-state index in [1.54, 1.807) is 11.8 Å². The normalized spacial score (nSPS) is 18.9. The van der Waals surface area contributed by atoms with Gasteiger partial charge in [0.05, 0.1) is 11.3 Å². The fourth-order valence-electron chi connectivity index (χ4n) is 2.26. The van der Waals surface area contributed by atoms with Crippen LogP contribution in [0.15, 0.2) is 23.1 Å². The van der Waals surface area contributed by atoms with E-state index in [0.717, 1.165) is 22.9 Å². The van der Waals surface area contributed by atoms with E-state index in [2.05, 4.69) is 18.3 Å². The summed E-state index contributed by atoms with van der Waals surface area (Å²) in [6.45, 7) is 5.30. The Balaban J connectivity index is 2.41. The smallest absolute Gasteiger partial charge is 0.242 e. The topological polar surface area (TPSA) is 56.1 Å². The van der Waals surface area contributed by atoms with Crippen LogP contribution < -0.4 is 10.2 Å². The molecule has 19 heavy (non-hydrogen) atoms. The van der Waals surface area contributed by atoms with Crippen LogP contribution in [0.3, 0.4) is 0 Å². The van der Waals surface area contributed by atoms with E-state index in [0.29, 0.717) is 12.1 Å². The second-order valence-electron chi connectivity index (χ2n) is 4.36. The van der Waals surface area contributed by atoms with Gasteiger partial charge in [-0.15, -0.1) is 11.8 Å². The lowest BCUT2D eigenvalue weighted by Crippen LogP contribution is -2.54. The Morgan fingerprint density at radius 1 is 1.58 bits per heavy atom. The molecule has 1 aromatic rings. The number of amides is 1. The van der Waals surface area contributed by atoms with Gasteiger partial charge in [-0.3, -0.25) is 4.79 Å². The lowest BCUT2D eigenvalue weighted by Gasteiger charge is -2.35. The summed E-state index contributed by atoms with van der Waals surface area (Å²) in [7, 11) is 0. The van der Waals surface area contributed by atoms with Gasteiger partial charge in [-0.2, -0.15) is 5.26 Å². The summed E-state index contributed by atoms with van der Waals surface area (Å²) in [5, 5.41) is 12.3. The summed E-state index contributed by atoms with van der Waals surface area (Å²) in [5.41, 5.74) is 1.54. The molecule has 1 atom stereocenters. The summed E-state index contributed by atoms with van der Waals surface area (Å²) < 4.78 is 0. The second kappa shape index (κ2) is 5.98. The number of benzene rings is 1. The molecule has 2 rings (SSSR count). The third-order valence-corrected chi connectivity index (χ3v) is 4.16. The van der Waals surface area contributed by atoms with Gasteiger partial charge in [-0.05, 0) is 24.8 Å². The average Bonchev–Trinajstić information content (AvgIpc) is 2.42. The maximum Gasteiger partial charge on any atom is 0.242 e. The van der Waals surface area contributed by atoms with Crippen molar-refractivity contribution in [2.45, 2.75) is 24.8 Å². The van der Waals surface area contributed by atoms with Crippen LogP contribution in [0.1, 0.15) is 19.4 Å². The standard InChI is InChI=1S/C14H17N3OS/c1-3-19-13-6-4-5-12(11(13)9-15)17-8-7-16-14(18)10(17)2/h4-6,10H,3,7-8H2,1-2H3,(H,16,18). The molecule has 1 unspecified atom stereocenters. The highest BCUT2D eigenvalue weighted by Gasteiger charge is 2.27. The molecule has 100 valence electrons. The summed E-state index contributed by atoms with van der Waals surface area (Å²) in [6, 6.07) is 7.89. The van der Waals surface area contributed by atoms with E-state index in [9.17, 15) is 10.1 Å². The first-order valence-corrected chi connectivity index (χ1v) is 7.37. The SMILES string of the molecule is CCSc1cccc(N2CCNC(=O)C2C)c1C#N. The van der Waals surface area contributed by atoms with Crippen LogP contribution in [0.2, 0.25) is 0 Å². The fraction of sp³-hybridized carbons (Fsp3) is 0.429. The van der Waals surface area contributed by atoms with Crippen molar-refractivity contribution in [2.75, 3.05) is 23.7 Å². The first kappa shape index (κ1) is 13.8. The molecule has 1 amide bonds. The number of carbonyl (C=O) groups is 1. The van der Waals surface area contributed by atoms with Crippen LogP contribution in [0.25, 0.3) is 0 Å². The number of anilines is 1. The summed E-state index contributed by atoms with van der Waals surface area (Å²) in [6.07, 6.45) is 0. The van der Waals surface area contributed by atoms with Crippen LogP contribution in [0, 0.1) is 11.3 Å². The Morgan fingerprint density at radius 3 is 3.05 bits per heavy atom. The zero-order valence-corrected chi connectivity index (χ0v) is 12.0. The number of hydrogen-bond acceptors (Lipinski definition) is 4. The Bertz CT molecular complexity index is 524. The van der Waals surface area contributed by atoms with Crippen molar-refractivity contribution < 1.29 is 4.79 Å². The predicted molar refractivity (Wildman–Crippen MR) is 77.4 cm³/mol. The van der Waals surface area contributed by atoms with Crippen LogP contribution in [0.4, 0.5) is 5.69 Å². The minimum absolute atomic E-state index is 0.0173. The zero-order valence-electron chi connectivity index (χ0n) is 11.1. The molecule has 5 heteroatoms. The van der Waals surface area contributed by atoms with Crippen molar-refractivity contribution in [3.8, 4) is 6.07 Å². The fourth-order valence-corrected chi connectivity index (χ4v) is 3.04. The minimum atomic E-state index is -0.234. The molecule has 0 aromatic heterocycles. The minimum Gasteiger partial charge on any atom is -0.357 e. The highest BCUT2D eigenvalue weighted by molar-refractivity contribution is 7.99. The number of hydrogen-bond donors (Lipinski definition) is 1. The number of thioether (sulfide) groups is 1. The molecule has 0 radical (unpaired) electrons.